The monoisotopic (exact) mass is 251 g/mol. The Kier molecular flexibility index (Phi) is 3.99. The number of nitro groups is 1. The van der Waals surface area contributed by atoms with Crippen LogP contribution >= 0.6 is 0 Å². The van der Waals surface area contributed by atoms with E-state index in [1.165, 1.54) is 19.6 Å². The van der Waals surface area contributed by atoms with E-state index in [0.717, 1.165) is 25.9 Å². The number of nitrogens with one attached hydrogen (secondary N) is 1. The zero-order valence-electron chi connectivity index (χ0n) is 10.4. The van der Waals surface area contributed by atoms with Crippen LogP contribution in [0.15, 0.2) is 18.2 Å². The van der Waals surface area contributed by atoms with Crippen molar-refractivity contribution in [1.82, 2.24) is 5.01 Å². The Balaban J connectivity index is 2.17. The van der Waals surface area contributed by atoms with Crippen molar-refractivity contribution >= 4 is 11.4 Å². The smallest absolute Gasteiger partial charge is 0.297 e. The van der Waals surface area contributed by atoms with E-state index in [9.17, 15) is 10.1 Å². The average molecular weight is 251 g/mol. The number of hydrogen-bond donors (Lipinski definition) is 1. The molecule has 1 fully saturated rings. The fourth-order valence-corrected chi connectivity index (χ4v) is 2.06. The Morgan fingerprint density at radius 1 is 1.33 bits per heavy atom. The Hall–Kier alpha value is -1.82. The van der Waals surface area contributed by atoms with Crippen molar-refractivity contribution in [2.24, 2.45) is 0 Å². The number of benzene rings is 1. The zero-order chi connectivity index (χ0) is 13.0. The summed E-state index contributed by atoms with van der Waals surface area (Å²) < 4.78 is 5.00. The first-order valence-corrected chi connectivity index (χ1v) is 6.05. The second-order valence-corrected chi connectivity index (χ2v) is 4.30. The number of hydrazine groups is 1. The van der Waals surface area contributed by atoms with Crippen LogP contribution in [-0.4, -0.2) is 30.1 Å². The van der Waals surface area contributed by atoms with Crippen molar-refractivity contribution in [3.63, 3.8) is 0 Å². The molecule has 1 heterocycles. The second kappa shape index (κ2) is 5.68. The Bertz CT molecular complexity index is 431. The lowest BCUT2D eigenvalue weighted by Crippen LogP contribution is -2.35. The topological polar surface area (TPSA) is 67.6 Å². The molecule has 6 heteroatoms. The van der Waals surface area contributed by atoms with Crippen molar-refractivity contribution in [2.75, 3.05) is 25.6 Å². The van der Waals surface area contributed by atoms with Gasteiger partial charge in [0.15, 0.2) is 0 Å². The van der Waals surface area contributed by atoms with E-state index in [1.807, 2.05) is 5.01 Å². The fraction of sp³-hybridized carbons (Fsp3) is 0.500. The molecule has 0 bridgehead atoms. The molecule has 0 atom stereocenters. The quantitative estimate of drug-likeness (QED) is 0.657. The number of nitro benzene ring substituents is 1. The predicted molar refractivity (Wildman–Crippen MR) is 68.7 cm³/mol. The van der Waals surface area contributed by atoms with E-state index >= 15 is 0 Å². The Morgan fingerprint density at radius 3 is 2.67 bits per heavy atom. The van der Waals surface area contributed by atoms with Crippen molar-refractivity contribution < 1.29 is 9.66 Å². The molecule has 0 amide bonds. The van der Waals surface area contributed by atoms with Crippen LogP contribution in [0.2, 0.25) is 0 Å². The van der Waals surface area contributed by atoms with Gasteiger partial charge in [0.05, 0.1) is 18.1 Å². The minimum absolute atomic E-state index is 0.0416. The molecule has 98 valence electrons. The normalized spacial score (nSPS) is 16.3. The van der Waals surface area contributed by atoms with Crippen molar-refractivity contribution in [1.29, 1.82) is 0 Å². The summed E-state index contributed by atoms with van der Waals surface area (Å²) in [5.74, 6) is 0.492. The third-order valence-corrected chi connectivity index (χ3v) is 3.04. The van der Waals surface area contributed by atoms with E-state index in [-0.39, 0.29) is 5.69 Å². The highest BCUT2D eigenvalue weighted by molar-refractivity contribution is 5.63. The number of piperidine rings is 1. The highest BCUT2D eigenvalue weighted by Gasteiger charge is 2.18. The third kappa shape index (κ3) is 2.89. The molecule has 1 aliphatic rings. The third-order valence-electron chi connectivity index (χ3n) is 3.04. The van der Waals surface area contributed by atoms with Gasteiger partial charge in [0.25, 0.3) is 5.69 Å². The van der Waals surface area contributed by atoms with Gasteiger partial charge in [-0.1, -0.05) is 6.42 Å². The summed E-state index contributed by atoms with van der Waals surface area (Å²) in [6, 6.07) is 4.84. The van der Waals surface area contributed by atoms with E-state index < -0.39 is 4.92 Å². The Morgan fingerprint density at radius 2 is 2.06 bits per heavy atom. The van der Waals surface area contributed by atoms with Gasteiger partial charge < -0.3 is 10.2 Å². The minimum Gasteiger partial charge on any atom is -0.496 e. The standard InChI is InChI=1S/C12H17N3O3/c1-18-10-5-6-11(12(9-10)15(16)17)13-14-7-3-2-4-8-14/h5-6,9,13H,2-4,7-8H2,1H3. The lowest BCUT2D eigenvalue weighted by Gasteiger charge is -2.27. The lowest BCUT2D eigenvalue weighted by atomic mass is 10.2. The summed E-state index contributed by atoms with van der Waals surface area (Å²) in [6.07, 6.45) is 3.47. The molecule has 2 rings (SSSR count). The molecule has 1 aliphatic heterocycles. The van der Waals surface area contributed by atoms with Gasteiger partial charge in [-0.3, -0.25) is 10.1 Å². The number of rotatable bonds is 4. The molecule has 0 aliphatic carbocycles. The van der Waals surface area contributed by atoms with E-state index in [2.05, 4.69) is 5.43 Å². The van der Waals surface area contributed by atoms with Gasteiger partial charge in [0, 0.05) is 13.1 Å². The van der Waals surface area contributed by atoms with Gasteiger partial charge in [0.2, 0.25) is 0 Å². The van der Waals surface area contributed by atoms with Crippen LogP contribution in [0.4, 0.5) is 11.4 Å². The molecular weight excluding hydrogens is 234 g/mol. The van der Waals surface area contributed by atoms with Crippen LogP contribution in [0, 0.1) is 10.1 Å². The van der Waals surface area contributed by atoms with E-state index in [4.69, 9.17) is 4.74 Å². The second-order valence-electron chi connectivity index (χ2n) is 4.30. The van der Waals surface area contributed by atoms with E-state index in [1.54, 1.807) is 12.1 Å². The number of ether oxygens (including phenoxy) is 1. The number of hydrogen-bond acceptors (Lipinski definition) is 5. The SMILES string of the molecule is COc1ccc(NN2CCCCC2)c([N+](=O)[O-])c1. The molecule has 0 saturated carbocycles. The number of methoxy groups -OCH3 is 1. The summed E-state index contributed by atoms with van der Waals surface area (Å²) in [5.41, 5.74) is 3.68. The van der Waals surface area contributed by atoms with Gasteiger partial charge in [0.1, 0.15) is 11.4 Å². The highest BCUT2D eigenvalue weighted by atomic mass is 16.6. The van der Waals surface area contributed by atoms with Gasteiger partial charge in [-0.05, 0) is 25.0 Å². The molecule has 1 saturated heterocycles. The summed E-state index contributed by atoms with van der Waals surface area (Å²) >= 11 is 0. The van der Waals surface area contributed by atoms with Crippen LogP contribution in [0.5, 0.6) is 5.75 Å². The van der Waals surface area contributed by atoms with Crippen molar-refractivity contribution in [3.8, 4) is 5.75 Å². The first kappa shape index (κ1) is 12.6. The van der Waals surface area contributed by atoms with Crippen LogP contribution in [0.1, 0.15) is 19.3 Å². The molecule has 0 unspecified atom stereocenters. The molecule has 0 spiro atoms. The minimum atomic E-state index is -0.394. The molecule has 0 radical (unpaired) electrons. The summed E-state index contributed by atoms with van der Waals surface area (Å²) in [7, 11) is 1.50. The van der Waals surface area contributed by atoms with Gasteiger partial charge in [-0.25, -0.2) is 5.01 Å². The molecule has 6 nitrogen and oxygen atoms in total. The molecule has 1 aromatic rings. The van der Waals surface area contributed by atoms with Crippen LogP contribution < -0.4 is 10.2 Å². The lowest BCUT2D eigenvalue weighted by molar-refractivity contribution is -0.384. The van der Waals surface area contributed by atoms with Crippen LogP contribution in [-0.2, 0) is 0 Å². The molecule has 1 aromatic carbocycles. The van der Waals surface area contributed by atoms with Gasteiger partial charge in [-0.15, -0.1) is 0 Å². The fourth-order valence-electron chi connectivity index (χ4n) is 2.06. The van der Waals surface area contributed by atoms with Gasteiger partial charge >= 0.3 is 0 Å². The summed E-state index contributed by atoms with van der Waals surface area (Å²) in [6.45, 7) is 1.84. The number of nitrogens with zero attached hydrogens (tertiary/aromatic N) is 2. The van der Waals surface area contributed by atoms with Crippen molar-refractivity contribution in [2.45, 2.75) is 19.3 Å². The highest BCUT2D eigenvalue weighted by Crippen LogP contribution is 2.29. The molecular formula is C12H17N3O3. The maximum absolute atomic E-state index is 11.0. The summed E-state index contributed by atoms with van der Waals surface area (Å²) in [4.78, 5) is 10.6. The Labute approximate surface area is 106 Å². The predicted octanol–water partition coefficient (Wildman–Crippen LogP) is 2.42. The average Bonchev–Trinajstić information content (AvgIpc) is 2.40. The zero-order valence-corrected chi connectivity index (χ0v) is 10.4. The molecule has 1 N–H and O–H groups in total. The number of anilines is 1. The largest absolute Gasteiger partial charge is 0.496 e. The van der Waals surface area contributed by atoms with Crippen LogP contribution in [0.25, 0.3) is 0 Å². The van der Waals surface area contributed by atoms with Gasteiger partial charge in [-0.2, -0.15) is 0 Å². The van der Waals surface area contributed by atoms with Crippen molar-refractivity contribution in [3.05, 3.63) is 28.3 Å². The molecule has 18 heavy (non-hydrogen) atoms. The van der Waals surface area contributed by atoms with Crippen LogP contribution in [0.3, 0.4) is 0 Å². The first-order chi connectivity index (χ1) is 8.70. The summed E-state index contributed by atoms with van der Waals surface area (Å²) in [5, 5.41) is 13.0. The maximum atomic E-state index is 11.0. The molecule has 0 aromatic heterocycles. The van der Waals surface area contributed by atoms with E-state index in [0.29, 0.717) is 11.4 Å². The maximum Gasteiger partial charge on any atom is 0.297 e. The first-order valence-electron chi connectivity index (χ1n) is 6.05.